The first-order chi connectivity index (χ1) is 28.3. The van der Waals surface area contributed by atoms with Crippen LogP contribution in [0, 0.1) is 0 Å². The van der Waals surface area contributed by atoms with Crippen LogP contribution in [0.15, 0.2) is 218 Å². The molecule has 0 spiro atoms. The maximum atomic E-state index is 5.36. The van der Waals surface area contributed by atoms with Crippen LogP contribution in [-0.4, -0.2) is 9.55 Å². The molecule has 2 heteroatoms. The lowest BCUT2D eigenvalue weighted by Gasteiger charge is -2.18. The summed E-state index contributed by atoms with van der Waals surface area (Å²) in [7, 11) is 0. The van der Waals surface area contributed by atoms with Crippen LogP contribution in [-0.2, 0) is 0 Å². The molecule has 57 heavy (non-hydrogen) atoms. The van der Waals surface area contributed by atoms with Crippen molar-refractivity contribution < 1.29 is 0 Å². The third-order valence-corrected chi connectivity index (χ3v) is 11.4. The average Bonchev–Trinajstić information content (AvgIpc) is 3.67. The summed E-state index contributed by atoms with van der Waals surface area (Å²) in [6, 6.07) is 78.8. The maximum Gasteiger partial charge on any atom is 0.145 e. The van der Waals surface area contributed by atoms with Crippen molar-refractivity contribution in [2.75, 3.05) is 0 Å². The molecule has 0 unspecified atom stereocenters. The normalized spacial score (nSPS) is 11.5. The van der Waals surface area contributed by atoms with Crippen LogP contribution in [0.1, 0.15) is 0 Å². The zero-order chi connectivity index (χ0) is 37.7. The van der Waals surface area contributed by atoms with Crippen molar-refractivity contribution in [3.8, 4) is 61.6 Å². The number of hydrogen-bond donors (Lipinski definition) is 0. The molecule has 2 nitrogen and oxygen atoms in total. The van der Waals surface area contributed by atoms with Gasteiger partial charge in [0.2, 0.25) is 0 Å². The van der Waals surface area contributed by atoms with Gasteiger partial charge in [-0.25, -0.2) is 4.98 Å². The van der Waals surface area contributed by atoms with Gasteiger partial charge in [-0.15, -0.1) is 0 Å². The fourth-order valence-corrected chi connectivity index (χ4v) is 8.75. The lowest BCUT2D eigenvalue weighted by molar-refractivity contribution is 1.10. The number of imidazole rings is 1. The summed E-state index contributed by atoms with van der Waals surface area (Å²) in [6.45, 7) is 0. The van der Waals surface area contributed by atoms with Gasteiger partial charge in [0.05, 0.1) is 11.0 Å². The fourth-order valence-electron chi connectivity index (χ4n) is 8.75. The molecule has 0 radical (unpaired) electrons. The van der Waals surface area contributed by atoms with Gasteiger partial charge in [-0.3, -0.25) is 4.57 Å². The number of rotatable bonds is 6. The molecule has 11 aromatic rings. The van der Waals surface area contributed by atoms with E-state index in [0.717, 1.165) is 28.1 Å². The number of hydrogen-bond acceptors (Lipinski definition) is 1. The van der Waals surface area contributed by atoms with Crippen molar-refractivity contribution in [2.24, 2.45) is 0 Å². The first-order valence-corrected chi connectivity index (χ1v) is 19.5. The van der Waals surface area contributed by atoms with Crippen molar-refractivity contribution in [2.45, 2.75) is 0 Å². The summed E-state index contributed by atoms with van der Waals surface area (Å²) >= 11 is 0. The second-order valence-electron chi connectivity index (χ2n) is 14.7. The smallest absolute Gasteiger partial charge is 0.145 e. The SMILES string of the molecule is c1ccc(-c2cc3nc(-c4ccccc4)n(-c4ccc(-c5c6ccccc6c(-c6ccc7ccccc7c6)c6ccccc56)cc4)c3cc2-c2ccccc2)cc1. The standard InChI is InChI=1S/C55H36N2/c1-4-17-38(18-5-1)49-35-51-52(36-50(49)39-19-6-2-7-20-39)57(55(56-51)41-21-8-3-9-22-41)44-32-30-40(31-33-44)53-45-24-12-14-26-47(45)54(48-27-15-13-25-46(48)53)43-29-28-37-16-10-11-23-42(37)34-43/h1-36H. The molecule has 11 rings (SSSR count). The van der Waals surface area contributed by atoms with Gasteiger partial charge < -0.3 is 0 Å². The zero-order valence-electron chi connectivity index (χ0n) is 31.2. The largest absolute Gasteiger partial charge is 0.292 e. The summed E-state index contributed by atoms with van der Waals surface area (Å²) in [6.07, 6.45) is 0. The number of nitrogens with zero attached hydrogens (tertiary/aromatic N) is 2. The van der Waals surface area contributed by atoms with Crippen molar-refractivity contribution in [3.63, 3.8) is 0 Å². The molecular weight excluding hydrogens is 689 g/mol. The average molecular weight is 725 g/mol. The van der Waals surface area contributed by atoms with Gasteiger partial charge >= 0.3 is 0 Å². The van der Waals surface area contributed by atoms with E-state index in [-0.39, 0.29) is 0 Å². The molecule has 10 aromatic carbocycles. The number of aromatic nitrogens is 2. The van der Waals surface area contributed by atoms with Crippen LogP contribution < -0.4 is 0 Å². The minimum atomic E-state index is 0.915. The van der Waals surface area contributed by atoms with Crippen LogP contribution >= 0.6 is 0 Å². The van der Waals surface area contributed by atoms with Crippen molar-refractivity contribution >= 4 is 43.4 Å². The van der Waals surface area contributed by atoms with Gasteiger partial charge in [-0.2, -0.15) is 0 Å². The van der Waals surface area contributed by atoms with Gasteiger partial charge in [0.25, 0.3) is 0 Å². The second kappa shape index (κ2) is 13.6. The Morgan fingerprint density at radius 1 is 0.316 bits per heavy atom. The lowest BCUT2D eigenvalue weighted by Crippen LogP contribution is -1.98. The summed E-state index contributed by atoms with van der Waals surface area (Å²) in [5.41, 5.74) is 13.8. The van der Waals surface area contributed by atoms with E-state index in [1.807, 2.05) is 0 Å². The van der Waals surface area contributed by atoms with Gasteiger partial charge in [0.1, 0.15) is 5.82 Å². The minimum absolute atomic E-state index is 0.915. The monoisotopic (exact) mass is 724 g/mol. The van der Waals surface area contributed by atoms with E-state index in [1.165, 1.54) is 76.8 Å². The predicted octanol–water partition coefficient (Wildman–Crippen LogP) is 14.8. The van der Waals surface area contributed by atoms with Crippen LogP contribution in [0.5, 0.6) is 0 Å². The summed E-state index contributed by atoms with van der Waals surface area (Å²) in [5, 5.41) is 7.48. The van der Waals surface area contributed by atoms with Crippen molar-refractivity contribution in [1.82, 2.24) is 9.55 Å². The molecule has 0 aliphatic rings. The first kappa shape index (κ1) is 32.8. The zero-order valence-corrected chi connectivity index (χ0v) is 31.2. The quantitative estimate of drug-likeness (QED) is 0.156. The molecule has 0 aliphatic heterocycles. The molecule has 0 N–H and O–H groups in total. The number of benzene rings is 10. The van der Waals surface area contributed by atoms with Gasteiger partial charge in [0.15, 0.2) is 0 Å². The highest BCUT2D eigenvalue weighted by atomic mass is 15.1. The van der Waals surface area contributed by atoms with E-state index in [4.69, 9.17) is 4.98 Å². The van der Waals surface area contributed by atoms with Gasteiger partial charge in [0, 0.05) is 11.3 Å². The van der Waals surface area contributed by atoms with E-state index in [9.17, 15) is 0 Å². The van der Waals surface area contributed by atoms with Gasteiger partial charge in [-0.05, 0) is 107 Å². The minimum Gasteiger partial charge on any atom is -0.292 e. The molecule has 0 saturated heterocycles. The van der Waals surface area contributed by atoms with E-state index in [2.05, 4.69) is 223 Å². The fraction of sp³-hybridized carbons (Fsp3) is 0. The van der Waals surface area contributed by atoms with E-state index in [1.54, 1.807) is 0 Å². The van der Waals surface area contributed by atoms with Crippen LogP contribution in [0.4, 0.5) is 0 Å². The Hall–Kier alpha value is -7.55. The van der Waals surface area contributed by atoms with Crippen LogP contribution in [0.2, 0.25) is 0 Å². The Bertz CT molecular complexity index is 3200. The summed E-state index contributed by atoms with van der Waals surface area (Å²) < 4.78 is 2.33. The second-order valence-corrected chi connectivity index (χ2v) is 14.7. The topological polar surface area (TPSA) is 17.8 Å². The third kappa shape index (κ3) is 5.61. The Labute approximate surface area is 331 Å². The van der Waals surface area contributed by atoms with Crippen molar-refractivity contribution in [1.29, 1.82) is 0 Å². The van der Waals surface area contributed by atoms with E-state index < -0.39 is 0 Å². The molecule has 0 fully saturated rings. The van der Waals surface area contributed by atoms with Gasteiger partial charge in [-0.1, -0.05) is 188 Å². The Morgan fingerprint density at radius 2 is 0.772 bits per heavy atom. The number of fused-ring (bicyclic) bond motifs is 4. The molecule has 266 valence electrons. The Kier molecular flexibility index (Phi) is 7.86. The molecule has 0 atom stereocenters. The highest BCUT2D eigenvalue weighted by Crippen LogP contribution is 2.45. The summed E-state index contributed by atoms with van der Waals surface area (Å²) in [5.74, 6) is 0.915. The molecule has 0 amide bonds. The maximum absolute atomic E-state index is 5.36. The molecule has 0 saturated carbocycles. The third-order valence-electron chi connectivity index (χ3n) is 11.4. The highest BCUT2D eigenvalue weighted by Gasteiger charge is 2.20. The molecule has 1 aromatic heterocycles. The predicted molar refractivity (Wildman–Crippen MR) is 241 cm³/mol. The lowest BCUT2D eigenvalue weighted by atomic mass is 9.85. The van der Waals surface area contributed by atoms with Crippen LogP contribution in [0.25, 0.3) is 105 Å². The Morgan fingerprint density at radius 3 is 1.35 bits per heavy atom. The summed E-state index contributed by atoms with van der Waals surface area (Å²) in [4.78, 5) is 5.36. The van der Waals surface area contributed by atoms with Crippen LogP contribution in [0.3, 0.4) is 0 Å². The molecule has 1 heterocycles. The molecule has 0 bridgehead atoms. The molecular formula is C55H36N2. The highest BCUT2D eigenvalue weighted by molar-refractivity contribution is 6.21. The van der Waals surface area contributed by atoms with E-state index >= 15 is 0 Å². The van der Waals surface area contributed by atoms with Crippen molar-refractivity contribution in [3.05, 3.63) is 218 Å². The molecule has 0 aliphatic carbocycles. The Balaban J connectivity index is 1.12. The first-order valence-electron chi connectivity index (χ1n) is 19.5. The van der Waals surface area contributed by atoms with E-state index in [0.29, 0.717) is 0 Å².